The van der Waals surface area contributed by atoms with E-state index in [4.69, 9.17) is 5.73 Å². The molecular formula is C12H14N2OS. The smallest absolute Gasteiger partial charge is 0.117 e. The van der Waals surface area contributed by atoms with Gasteiger partial charge < -0.3 is 5.73 Å². The molecule has 1 atom stereocenters. The molecule has 0 saturated carbocycles. The topological polar surface area (TPSA) is 49.5 Å². The van der Waals surface area contributed by atoms with Crippen LogP contribution in [0.1, 0.15) is 17.8 Å². The van der Waals surface area contributed by atoms with Crippen molar-refractivity contribution in [3.63, 3.8) is 0 Å². The van der Waals surface area contributed by atoms with Crippen LogP contribution in [-0.2, 0) is 0 Å². The predicted octanol–water partition coefficient (Wildman–Crippen LogP) is 3.08. The van der Waals surface area contributed by atoms with E-state index in [2.05, 4.69) is 24.8 Å². The van der Waals surface area contributed by atoms with Crippen LogP contribution in [0.2, 0.25) is 0 Å². The Morgan fingerprint density at radius 3 is 2.81 bits per heavy atom. The maximum Gasteiger partial charge on any atom is 0.117 e. The third kappa shape index (κ3) is 1.89. The third-order valence-electron chi connectivity index (χ3n) is 2.52. The van der Waals surface area contributed by atoms with Crippen LogP contribution in [0.25, 0.3) is 10.1 Å². The second-order valence-electron chi connectivity index (χ2n) is 3.70. The number of nitrogens with two attached hydrogens (primary N) is 1. The average molecular weight is 234 g/mol. The van der Waals surface area contributed by atoms with E-state index in [1.165, 1.54) is 10.1 Å². The van der Waals surface area contributed by atoms with E-state index in [-0.39, 0.29) is 11.9 Å². The van der Waals surface area contributed by atoms with Crippen molar-refractivity contribution in [2.45, 2.75) is 13.0 Å². The van der Waals surface area contributed by atoms with Crippen molar-refractivity contribution in [2.24, 2.45) is 5.73 Å². The lowest BCUT2D eigenvalue weighted by Gasteiger charge is -2.22. The van der Waals surface area contributed by atoms with Crippen molar-refractivity contribution in [1.82, 2.24) is 5.06 Å². The monoisotopic (exact) mass is 234 g/mol. The summed E-state index contributed by atoms with van der Waals surface area (Å²) in [6, 6.07) is 10.0. The Morgan fingerprint density at radius 2 is 2.19 bits per heavy atom. The molecule has 0 aliphatic heterocycles. The first kappa shape index (κ1) is 11.0. The molecule has 0 bridgehead atoms. The van der Waals surface area contributed by atoms with Gasteiger partial charge in [-0.1, -0.05) is 24.8 Å². The fraction of sp³-hybridized carbons (Fsp3) is 0.167. The van der Waals surface area contributed by atoms with Gasteiger partial charge in [0.1, 0.15) is 5.82 Å². The van der Waals surface area contributed by atoms with Crippen molar-refractivity contribution < 1.29 is 5.21 Å². The standard InChI is InChI=1S/C12H14N2OS/c1-8(14(15)9(2)13)12-7-10-5-3-4-6-11(10)16-12/h3-8,15H,2,13H2,1H3/t8-/m1/s1. The molecule has 0 fully saturated rings. The minimum Gasteiger partial charge on any atom is -0.384 e. The van der Waals surface area contributed by atoms with Gasteiger partial charge in [-0.3, -0.25) is 5.21 Å². The molecule has 0 aliphatic rings. The average Bonchev–Trinajstić information content (AvgIpc) is 2.70. The largest absolute Gasteiger partial charge is 0.384 e. The SMILES string of the molecule is C=C(N)N(O)[C@H](C)c1cc2ccccc2s1. The number of hydrogen-bond acceptors (Lipinski definition) is 4. The fourth-order valence-corrected chi connectivity index (χ4v) is 2.68. The van der Waals surface area contributed by atoms with Crippen molar-refractivity contribution in [1.29, 1.82) is 0 Å². The maximum atomic E-state index is 9.69. The van der Waals surface area contributed by atoms with E-state index in [0.29, 0.717) is 0 Å². The number of hydrogen-bond donors (Lipinski definition) is 2. The summed E-state index contributed by atoms with van der Waals surface area (Å²) in [6.45, 7) is 5.41. The Kier molecular flexibility index (Phi) is 2.85. The van der Waals surface area contributed by atoms with Gasteiger partial charge in [0.05, 0.1) is 6.04 Å². The van der Waals surface area contributed by atoms with Crippen LogP contribution in [-0.4, -0.2) is 10.3 Å². The number of benzene rings is 1. The van der Waals surface area contributed by atoms with Gasteiger partial charge in [0.15, 0.2) is 0 Å². The lowest BCUT2D eigenvalue weighted by Crippen LogP contribution is -2.25. The Balaban J connectivity index is 2.36. The number of fused-ring (bicyclic) bond motifs is 1. The summed E-state index contributed by atoms with van der Waals surface area (Å²) >= 11 is 1.65. The minimum atomic E-state index is -0.171. The van der Waals surface area contributed by atoms with Crippen LogP contribution < -0.4 is 5.73 Å². The first-order valence-electron chi connectivity index (χ1n) is 5.00. The predicted molar refractivity (Wildman–Crippen MR) is 67.2 cm³/mol. The number of hydroxylamine groups is 2. The molecule has 1 heterocycles. The Labute approximate surface area is 98.4 Å². The summed E-state index contributed by atoms with van der Waals surface area (Å²) in [4.78, 5) is 1.07. The zero-order chi connectivity index (χ0) is 11.7. The van der Waals surface area contributed by atoms with E-state index in [9.17, 15) is 5.21 Å². The molecule has 2 rings (SSSR count). The molecular weight excluding hydrogens is 220 g/mol. The summed E-state index contributed by atoms with van der Waals surface area (Å²) in [7, 11) is 0. The second kappa shape index (κ2) is 4.15. The van der Waals surface area contributed by atoms with Crippen molar-refractivity contribution >= 4 is 21.4 Å². The molecule has 2 aromatic rings. The summed E-state index contributed by atoms with van der Waals surface area (Å²) in [6.07, 6.45) is 0. The van der Waals surface area contributed by atoms with Gasteiger partial charge in [-0.2, -0.15) is 0 Å². The van der Waals surface area contributed by atoms with E-state index < -0.39 is 0 Å². The summed E-state index contributed by atoms with van der Waals surface area (Å²) in [5.41, 5.74) is 5.45. The minimum absolute atomic E-state index is 0.157. The first-order valence-corrected chi connectivity index (χ1v) is 5.82. The third-order valence-corrected chi connectivity index (χ3v) is 3.80. The van der Waals surface area contributed by atoms with Crippen LogP contribution >= 0.6 is 11.3 Å². The molecule has 0 spiro atoms. The van der Waals surface area contributed by atoms with Crippen molar-refractivity contribution in [3.8, 4) is 0 Å². The summed E-state index contributed by atoms with van der Waals surface area (Å²) in [5.74, 6) is 0.157. The van der Waals surface area contributed by atoms with Crippen LogP contribution in [0, 0.1) is 0 Å². The van der Waals surface area contributed by atoms with Gasteiger partial charge in [-0.05, 0) is 24.4 Å². The lowest BCUT2D eigenvalue weighted by molar-refractivity contribution is -0.0888. The van der Waals surface area contributed by atoms with Gasteiger partial charge in [0.25, 0.3) is 0 Å². The normalized spacial score (nSPS) is 12.6. The van der Waals surface area contributed by atoms with E-state index in [1.54, 1.807) is 11.3 Å². The molecule has 1 aromatic carbocycles. The van der Waals surface area contributed by atoms with Crippen LogP contribution in [0.5, 0.6) is 0 Å². The Bertz CT molecular complexity index is 487. The molecule has 4 heteroatoms. The molecule has 0 unspecified atom stereocenters. The molecule has 0 saturated heterocycles. The van der Waals surface area contributed by atoms with E-state index in [1.807, 2.05) is 19.1 Å². The zero-order valence-electron chi connectivity index (χ0n) is 9.05. The highest BCUT2D eigenvalue weighted by molar-refractivity contribution is 7.19. The second-order valence-corrected chi connectivity index (χ2v) is 4.81. The van der Waals surface area contributed by atoms with Gasteiger partial charge in [0.2, 0.25) is 0 Å². The number of rotatable bonds is 3. The Morgan fingerprint density at radius 1 is 1.50 bits per heavy atom. The molecule has 0 amide bonds. The highest BCUT2D eigenvalue weighted by Gasteiger charge is 2.16. The van der Waals surface area contributed by atoms with Gasteiger partial charge in [-0.25, -0.2) is 5.06 Å². The molecule has 3 N–H and O–H groups in total. The maximum absolute atomic E-state index is 9.69. The zero-order valence-corrected chi connectivity index (χ0v) is 9.87. The van der Waals surface area contributed by atoms with Crippen LogP contribution in [0.3, 0.4) is 0 Å². The molecule has 3 nitrogen and oxygen atoms in total. The highest BCUT2D eigenvalue weighted by atomic mass is 32.1. The number of thiophene rings is 1. The molecule has 0 radical (unpaired) electrons. The van der Waals surface area contributed by atoms with Crippen LogP contribution in [0.4, 0.5) is 0 Å². The van der Waals surface area contributed by atoms with Crippen molar-refractivity contribution in [2.75, 3.05) is 0 Å². The number of nitrogens with zero attached hydrogens (tertiary/aromatic N) is 1. The van der Waals surface area contributed by atoms with E-state index in [0.717, 1.165) is 9.94 Å². The fourth-order valence-electron chi connectivity index (χ4n) is 1.58. The van der Waals surface area contributed by atoms with Crippen LogP contribution in [0.15, 0.2) is 42.7 Å². The summed E-state index contributed by atoms with van der Waals surface area (Å²) in [5, 5.41) is 11.9. The molecule has 84 valence electrons. The van der Waals surface area contributed by atoms with Gasteiger partial charge in [-0.15, -0.1) is 11.3 Å². The highest BCUT2D eigenvalue weighted by Crippen LogP contribution is 2.32. The molecule has 16 heavy (non-hydrogen) atoms. The molecule has 1 aromatic heterocycles. The quantitative estimate of drug-likeness (QED) is 0.802. The van der Waals surface area contributed by atoms with Gasteiger partial charge in [0, 0.05) is 9.58 Å². The summed E-state index contributed by atoms with van der Waals surface area (Å²) < 4.78 is 1.21. The first-order chi connectivity index (χ1) is 7.59. The van der Waals surface area contributed by atoms with Gasteiger partial charge >= 0.3 is 0 Å². The lowest BCUT2D eigenvalue weighted by atomic mass is 10.2. The van der Waals surface area contributed by atoms with E-state index >= 15 is 0 Å². The molecule has 0 aliphatic carbocycles. The van der Waals surface area contributed by atoms with Crippen molar-refractivity contribution in [3.05, 3.63) is 47.6 Å². The Hall–Kier alpha value is -1.52.